The molecule has 1 atom stereocenters. The highest BCUT2D eigenvalue weighted by Gasteiger charge is 2.21. The van der Waals surface area contributed by atoms with E-state index in [9.17, 15) is 4.79 Å². The number of carboxylic acid groups (broad SMARTS) is 1. The van der Waals surface area contributed by atoms with E-state index in [1.807, 2.05) is 13.8 Å². The van der Waals surface area contributed by atoms with Crippen molar-refractivity contribution in [2.75, 3.05) is 0 Å². The fourth-order valence-electron chi connectivity index (χ4n) is 0.810. The van der Waals surface area contributed by atoms with Crippen LogP contribution in [-0.2, 0) is 4.79 Å². The third-order valence-electron chi connectivity index (χ3n) is 1.35. The van der Waals surface area contributed by atoms with Crippen molar-refractivity contribution in [2.24, 2.45) is 17.6 Å². The van der Waals surface area contributed by atoms with Gasteiger partial charge in [-0.15, -0.1) is 0 Å². The average Bonchev–Trinajstić information content (AvgIpc) is 1.81. The SMILES string of the molecule is CC(C)CC(C(=O)O)C(N)=S. The molecule has 0 aromatic rings. The first kappa shape index (κ1) is 10.4. The molecular formula is C7H13NO2S. The van der Waals surface area contributed by atoms with Crippen LogP contribution in [0.2, 0.25) is 0 Å². The van der Waals surface area contributed by atoms with Crippen molar-refractivity contribution in [3.63, 3.8) is 0 Å². The molecule has 0 fully saturated rings. The maximum atomic E-state index is 10.5. The second-order valence-corrected chi connectivity index (χ2v) is 3.39. The molecule has 1 unspecified atom stereocenters. The first-order valence-electron chi connectivity index (χ1n) is 3.47. The largest absolute Gasteiger partial charge is 0.481 e. The van der Waals surface area contributed by atoms with E-state index in [1.54, 1.807) is 0 Å². The lowest BCUT2D eigenvalue weighted by Gasteiger charge is -2.11. The maximum absolute atomic E-state index is 10.5. The Labute approximate surface area is 71.6 Å². The highest BCUT2D eigenvalue weighted by atomic mass is 32.1. The Bertz CT molecular complexity index is 154. The summed E-state index contributed by atoms with van der Waals surface area (Å²) >= 11 is 4.61. The van der Waals surface area contributed by atoms with Crippen LogP contribution < -0.4 is 5.73 Å². The van der Waals surface area contributed by atoms with Crippen molar-refractivity contribution >= 4 is 23.2 Å². The van der Waals surface area contributed by atoms with Gasteiger partial charge in [0.15, 0.2) is 0 Å². The van der Waals surface area contributed by atoms with Crippen LogP contribution in [-0.4, -0.2) is 16.1 Å². The van der Waals surface area contributed by atoms with Crippen LogP contribution in [0.25, 0.3) is 0 Å². The number of aliphatic carboxylic acids is 1. The van der Waals surface area contributed by atoms with Gasteiger partial charge < -0.3 is 10.8 Å². The van der Waals surface area contributed by atoms with Gasteiger partial charge in [-0.1, -0.05) is 26.1 Å². The molecule has 0 saturated heterocycles. The Morgan fingerprint density at radius 1 is 1.64 bits per heavy atom. The van der Waals surface area contributed by atoms with Crippen molar-refractivity contribution < 1.29 is 9.90 Å². The Morgan fingerprint density at radius 3 is 2.18 bits per heavy atom. The number of hydrogen-bond acceptors (Lipinski definition) is 2. The number of carboxylic acids is 1. The summed E-state index contributed by atoms with van der Waals surface area (Å²) in [7, 11) is 0. The summed E-state index contributed by atoms with van der Waals surface area (Å²) in [5.74, 6) is -1.28. The van der Waals surface area contributed by atoms with Gasteiger partial charge in [-0.05, 0) is 12.3 Å². The van der Waals surface area contributed by atoms with Crippen molar-refractivity contribution in [3.05, 3.63) is 0 Å². The number of carbonyl (C=O) groups is 1. The molecule has 4 heteroatoms. The highest BCUT2D eigenvalue weighted by molar-refractivity contribution is 7.80. The molecule has 0 saturated carbocycles. The molecule has 0 rings (SSSR count). The van der Waals surface area contributed by atoms with Crippen LogP contribution in [0.15, 0.2) is 0 Å². The van der Waals surface area contributed by atoms with Gasteiger partial charge in [0.05, 0.1) is 4.99 Å². The molecule has 0 heterocycles. The number of hydrogen-bond donors (Lipinski definition) is 2. The van der Waals surface area contributed by atoms with E-state index in [4.69, 9.17) is 10.8 Å². The molecule has 0 aliphatic carbocycles. The lowest BCUT2D eigenvalue weighted by Crippen LogP contribution is -2.29. The summed E-state index contributed by atoms with van der Waals surface area (Å²) in [5.41, 5.74) is 5.24. The van der Waals surface area contributed by atoms with Crippen LogP contribution in [0.1, 0.15) is 20.3 Å². The van der Waals surface area contributed by atoms with Gasteiger partial charge in [-0.2, -0.15) is 0 Å². The average molecular weight is 175 g/mol. The minimum atomic E-state index is -0.925. The minimum Gasteiger partial charge on any atom is -0.481 e. The van der Waals surface area contributed by atoms with E-state index in [0.29, 0.717) is 12.3 Å². The molecular weight excluding hydrogens is 162 g/mol. The van der Waals surface area contributed by atoms with Crippen LogP contribution in [0, 0.1) is 11.8 Å². The normalized spacial score (nSPS) is 13.0. The van der Waals surface area contributed by atoms with Crippen LogP contribution in [0.5, 0.6) is 0 Å². The Hall–Kier alpha value is -0.640. The van der Waals surface area contributed by atoms with Gasteiger partial charge in [-0.25, -0.2) is 0 Å². The minimum absolute atomic E-state index is 0.0752. The molecule has 0 radical (unpaired) electrons. The van der Waals surface area contributed by atoms with Gasteiger partial charge >= 0.3 is 5.97 Å². The molecule has 0 bridgehead atoms. The number of thiocarbonyl (C=S) groups is 1. The van der Waals surface area contributed by atoms with Crippen molar-refractivity contribution in [2.45, 2.75) is 20.3 Å². The summed E-state index contributed by atoms with van der Waals surface area (Å²) in [6.45, 7) is 3.88. The molecule has 0 aliphatic rings. The van der Waals surface area contributed by atoms with Crippen LogP contribution in [0.4, 0.5) is 0 Å². The second-order valence-electron chi connectivity index (χ2n) is 2.92. The highest BCUT2D eigenvalue weighted by Crippen LogP contribution is 2.11. The zero-order chi connectivity index (χ0) is 9.02. The van der Waals surface area contributed by atoms with E-state index in [1.165, 1.54) is 0 Å². The summed E-state index contributed by atoms with van der Waals surface area (Å²) in [4.78, 5) is 10.6. The van der Waals surface area contributed by atoms with Gasteiger partial charge in [-0.3, -0.25) is 4.79 Å². The van der Waals surface area contributed by atoms with E-state index < -0.39 is 11.9 Å². The topological polar surface area (TPSA) is 63.3 Å². The molecule has 0 spiro atoms. The van der Waals surface area contributed by atoms with E-state index in [2.05, 4.69) is 12.2 Å². The van der Waals surface area contributed by atoms with Gasteiger partial charge in [0, 0.05) is 0 Å². The molecule has 0 aliphatic heterocycles. The first-order chi connectivity index (χ1) is 4.95. The lowest BCUT2D eigenvalue weighted by molar-refractivity contribution is -0.139. The predicted octanol–water partition coefficient (Wildman–Crippen LogP) is 1.02. The Balaban J connectivity index is 4.12. The van der Waals surface area contributed by atoms with Crippen molar-refractivity contribution in [1.29, 1.82) is 0 Å². The molecule has 11 heavy (non-hydrogen) atoms. The van der Waals surface area contributed by atoms with Crippen molar-refractivity contribution in [3.8, 4) is 0 Å². The van der Waals surface area contributed by atoms with E-state index in [-0.39, 0.29) is 4.99 Å². The number of rotatable bonds is 4. The zero-order valence-electron chi connectivity index (χ0n) is 6.70. The fraction of sp³-hybridized carbons (Fsp3) is 0.714. The summed E-state index contributed by atoms with van der Waals surface area (Å²) in [5, 5.41) is 8.63. The standard InChI is InChI=1S/C7H13NO2S/c1-4(2)3-5(6(8)11)7(9)10/h4-5H,3H2,1-2H3,(H2,8,11)(H,9,10). The fourth-order valence-corrected chi connectivity index (χ4v) is 1.01. The molecule has 0 amide bonds. The van der Waals surface area contributed by atoms with Crippen molar-refractivity contribution in [1.82, 2.24) is 0 Å². The number of nitrogens with two attached hydrogens (primary N) is 1. The van der Waals surface area contributed by atoms with Gasteiger partial charge in [0.25, 0.3) is 0 Å². The third-order valence-corrected chi connectivity index (χ3v) is 1.63. The summed E-state index contributed by atoms with van der Waals surface area (Å²) < 4.78 is 0. The maximum Gasteiger partial charge on any atom is 0.313 e. The molecule has 3 nitrogen and oxygen atoms in total. The second kappa shape index (κ2) is 4.28. The quantitative estimate of drug-likeness (QED) is 0.626. The zero-order valence-corrected chi connectivity index (χ0v) is 7.52. The summed E-state index contributed by atoms with van der Waals surface area (Å²) in [6.07, 6.45) is 0.519. The smallest absolute Gasteiger partial charge is 0.313 e. The first-order valence-corrected chi connectivity index (χ1v) is 3.88. The third kappa shape index (κ3) is 3.93. The molecule has 3 N–H and O–H groups in total. The van der Waals surface area contributed by atoms with E-state index in [0.717, 1.165) is 0 Å². The molecule has 64 valence electrons. The predicted molar refractivity (Wildman–Crippen MR) is 47.4 cm³/mol. The van der Waals surface area contributed by atoms with Gasteiger partial charge in [0.1, 0.15) is 5.92 Å². The van der Waals surface area contributed by atoms with Gasteiger partial charge in [0.2, 0.25) is 0 Å². The lowest BCUT2D eigenvalue weighted by atomic mass is 9.97. The monoisotopic (exact) mass is 175 g/mol. The molecule has 0 aromatic heterocycles. The summed E-state index contributed by atoms with van der Waals surface area (Å²) in [6, 6.07) is 0. The van der Waals surface area contributed by atoms with Crippen LogP contribution in [0.3, 0.4) is 0 Å². The Kier molecular flexibility index (Phi) is 4.03. The Morgan fingerprint density at radius 2 is 2.09 bits per heavy atom. The molecule has 0 aromatic carbocycles. The van der Waals surface area contributed by atoms with E-state index >= 15 is 0 Å². The van der Waals surface area contributed by atoms with Crippen LogP contribution >= 0.6 is 12.2 Å².